The van der Waals surface area contributed by atoms with Gasteiger partial charge in [-0.2, -0.15) is 9.97 Å². The van der Waals surface area contributed by atoms with Gasteiger partial charge in [-0.15, -0.1) is 0 Å². The highest BCUT2D eigenvalue weighted by atomic mass is 35.5. The van der Waals surface area contributed by atoms with Crippen LogP contribution in [0.3, 0.4) is 0 Å². The number of methoxy groups -OCH3 is 2. The Hall–Kier alpha value is -1.92. The molecule has 0 aliphatic rings. The number of hydrogen-bond donors (Lipinski definition) is 1. The van der Waals surface area contributed by atoms with Gasteiger partial charge in [-0.05, 0) is 6.07 Å². The zero-order chi connectivity index (χ0) is 14.7. The van der Waals surface area contributed by atoms with Gasteiger partial charge in [0.15, 0.2) is 5.75 Å². The van der Waals surface area contributed by atoms with Crippen molar-refractivity contribution in [2.75, 3.05) is 20.0 Å². The van der Waals surface area contributed by atoms with Crippen molar-refractivity contribution in [2.45, 2.75) is 0 Å². The fourth-order valence-electron chi connectivity index (χ4n) is 1.37. The second-order valence-electron chi connectivity index (χ2n) is 3.64. The standard InChI is InChI=1S/C12H11Cl2N3O3/c1-18-10-5-11(19-2)17-12(16-10)20-9-4-7(14)6(13)3-8(9)15/h3-5H,15H2,1-2H3. The first-order valence-electron chi connectivity index (χ1n) is 5.43. The van der Waals surface area contributed by atoms with Crippen LogP contribution in [0.25, 0.3) is 0 Å². The van der Waals surface area contributed by atoms with Gasteiger partial charge < -0.3 is 19.9 Å². The maximum absolute atomic E-state index is 5.91. The van der Waals surface area contributed by atoms with E-state index in [-0.39, 0.29) is 11.8 Å². The maximum Gasteiger partial charge on any atom is 0.328 e. The van der Waals surface area contributed by atoms with Crippen molar-refractivity contribution in [3.05, 3.63) is 28.2 Å². The molecule has 0 spiro atoms. The number of nitrogen functional groups attached to an aromatic ring is 1. The number of aromatic nitrogens is 2. The van der Waals surface area contributed by atoms with Crippen LogP contribution < -0.4 is 19.9 Å². The van der Waals surface area contributed by atoms with E-state index in [2.05, 4.69) is 9.97 Å². The monoisotopic (exact) mass is 315 g/mol. The third-order valence-corrected chi connectivity index (χ3v) is 3.05. The van der Waals surface area contributed by atoms with Crippen LogP contribution in [0.4, 0.5) is 5.69 Å². The molecule has 0 aliphatic carbocycles. The number of rotatable bonds is 4. The summed E-state index contributed by atoms with van der Waals surface area (Å²) in [5.41, 5.74) is 6.10. The minimum absolute atomic E-state index is 0.0197. The van der Waals surface area contributed by atoms with Gasteiger partial charge in [-0.3, -0.25) is 0 Å². The molecule has 20 heavy (non-hydrogen) atoms. The van der Waals surface area contributed by atoms with Gasteiger partial charge in [0, 0.05) is 6.07 Å². The molecule has 0 saturated heterocycles. The van der Waals surface area contributed by atoms with Crippen LogP contribution in [0.2, 0.25) is 10.0 Å². The van der Waals surface area contributed by atoms with Crippen molar-refractivity contribution in [2.24, 2.45) is 0 Å². The molecule has 2 N–H and O–H groups in total. The molecule has 106 valence electrons. The number of nitrogens with two attached hydrogens (primary N) is 1. The van der Waals surface area contributed by atoms with Crippen molar-refractivity contribution >= 4 is 28.9 Å². The first-order chi connectivity index (χ1) is 9.53. The number of nitrogens with zero attached hydrogens (tertiary/aromatic N) is 2. The van der Waals surface area contributed by atoms with Crippen molar-refractivity contribution in [1.29, 1.82) is 0 Å². The predicted octanol–water partition coefficient (Wildman–Crippen LogP) is 3.18. The number of halogens is 2. The van der Waals surface area contributed by atoms with E-state index in [1.165, 1.54) is 32.4 Å². The Kier molecular flexibility index (Phi) is 4.36. The molecule has 1 aromatic carbocycles. The van der Waals surface area contributed by atoms with Gasteiger partial charge in [0.1, 0.15) is 0 Å². The predicted molar refractivity (Wildman–Crippen MR) is 76.1 cm³/mol. The van der Waals surface area contributed by atoms with Crippen LogP contribution in [0, 0.1) is 0 Å². The summed E-state index contributed by atoms with van der Waals surface area (Å²) in [6.07, 6.45) is 0. The summed E-state index contributed by atoms with van der Waals surface area (Å²) in [5, 5.41) is 0.645. The van der Waals surface area contributed by atoms with Gasteiger partial charge in [0.05, 0.1) is 36.0 Å². The van der Waals surface area contributed by atoms with E-state index in [0.717, 1.165) is 0 Å². The summed E-state index contributed by atoms with van der Waals surface area (Å²) in [4.78, 5) is 8.04. The lowest BCUT2D eigenvalue weighted by atomic mass is 10.3. The van der Waals surface area contributed by atoms with Gasteiger partial charge in [0.2, 0.25) is 11.8 Å². The first-order valence-corrected chi connectivity index (χ1v) is 6.18. The molecule has 0 aliphatic heterocycles. The number of benzene rings is 1. The van der Waals surface area contributed by atoms with Crippen molar-refractivity contribution in [3.8, 4) is 23.5 Å². The molecule has 0 unspecified atom stereocenters. The minimum Gasteiger partial charge on any atom is -0.481 e. The summed E-state index contributed by atoms with van der Waals surface area (Å²) >= 11 is 11.8. The Morgan fingerprint density at radius 1 is 0.950 bits per heavy atom. The smallest absolute Gasteiger partial charge is 0.328 e. The van der Waals surface area contributed by atoms with Crippen LogP contribution >= 0.6 is 23.2 Å². The second-order valence-corrected chi connectivity index (χ2v) is 4.46. The molecular formula is C12H11Cl2N3O3. The third kappa shape index (κ3) is 3.15. The van der Waals surface area contributed by atoms with Crippen molar-refractivity contribution in [3.63, 3.8) is 0 Å². The average Bonchev–Trinajstić information content (AvgIpc) is 2.44. The lowest BCUT2D eigenvalue weighted by molar-refractivity contribution is 0.348. The van der Waals surface area contributed by atoms with Crippen LogP contribution in [-0.4, -0.2) is 24.2 Å². The van der Waals surface area contributed by atoms with Crippen LogP contribution in [0.1, 0.15) is 0 Å². The SMILES string of the molecule is COc1cc(OC)nc(Oc2cc(Cl)c(Cl)cc2N)n1. The molecule has 1 heterocycles. The molecule has 0 radical (unpaired) electrons. The van der Waals surface area contributed by atoms with E-state index < -0.39 is 0 Å². The van der Waals surface area contributed by atoms with E-state index in [1.807, 2.05) is 0 Å². The van der Waals surface area contributed by atoms with Crippen molar-refractivity contribution in [1.82, 2.24) is 9.97 Å². The summed E-state index contributed by atoms with van der Waals surface area (Å²) in [6, 6.07) is 4.50. The molecule has 0 amide bonds. The zero-order valence-corrected chi connectivity index (χ0v) is 12.2. The number of anilines is 1. The van der Waals surface area contributed by atoms with Gasteiger partial charge >= 0.3 is 6.01 Å². The summed E-state index contributed by atoms with van der Waals surface area (Å²) < 4.78 is 15.5. The molecule has 0 bridgehead atoms. The lowest BCUT2D eigenvalue weighted by Gasteiger charge is -2.10. The normalized spacial score (nSPS) is 10.2. The lowest BCUT2D eigenvalue weighted by Crippen LogP contribution is -1.99. The molecule has 2 rings (SSSR count). The van der Waals surface area contributed by atoms with Gasteiger partial charge in [-0.1, -0.05) is 23.2 Å². The largest absolute Gasteiger partial charge is 0.481 e. The highest BCUT2D eigenvalue weighted by Crippen LogP contribution is 2.34. The van der Waals surface area contributed by atoms with E-state index in [4.69, 9.17) is 43.1 Å². The molecule has 0 fully saturated rings. The molecule has 2 aromatic rings. The van der Waals surface area contributed by atoms with Crippen LogP contribution in [0.15, 0.2) is 18.2 Å². The second kappa shape index (κ2) is 6.02. The fraction of sp³-hybridized carbons (Fsp3) is 0.167. The fourth-order valence-corrected chi connectivity index (χ4v) is 1.69. The van der Waals surface area contributed by atoms with Crippen molar-refractivity contribution < 1.29 is 14.2 Å². The minimum atomic E-state index is 0.0197. The maximum atomic E-state index is 5.91. The van der Waals surface area contributed by atoms with Gasteiger partial charge in [0.25, 0.3) is 0 Å². The Bertz CT molecular complexity index is 615. The molecule has 0 saturated carbocycles. The molecule has 6 nitrogen and oxygen atoms in total. The Morgan fingerprint density at radius 3 is 2.05 bits per heavy atom. The van der Waals surface area contributed by atoms with E-state index >= 15 is 0 Å². The Morgan fingerprint density at radius 2 is 1.50 bits per heavy atom. The molecule has 1 aromatic heterocycles. The average molecular weight is 316 g/mol. The highest BCUT2D eigenvalue weighted by molar-refractivity contribution is 6.42. The Labute approximate surface area is 125 Å². The first kappa shape index (κ1) is 14.5. The highest BCUT2D eigenvalue weighted by Gasteiger charge is 2.11. The molecule has 0 atom stereocenters. The zero-order valence-electron chi connectivity index (χ0n) is 10.7. The Balaban J connectivity index is 2.36. The van der Waals surface area contributed by atoms with E-state index in [0.29, 0.717) is 27.5 Å². The summed E-state index contributed by atoms with van der Waals surface area (Å²) in [5.74, 6) is 0.880. The van der Waals surface area contributed by atoms with E-state index in [9.17, 15) is 0 Å². The molecule has 8 heteroatoms. The number of hydrogen-bond acceptors (Lipinski definition) is 6. The quantitative estimate of drug-likeness (QED) is 0.873. The number of ether oxygens (including phenoxy) is 3. The molecular weight excluding hydrogens is 305 g/mol. The van der Waals surface area contributed by atoms with Crippen LogP contribution in [0.5, 0.6) is 23.5 Å². The van der Waals surface area contributed by atoms with Crippen LogP contribution in [-0.2, 0) is 0 Å². The van der Waals surface area contributed by atoms with Gasteiger partial charge in [-0.25, -0.2) is 0 Å². The summed E-state index contributed by atoms with van der Waals surface area (Å²) in [6.45, 7) is 0. The van der Waals surface area contributed by atoms with E-state index in [1.54, 1.807) is 0 Å². The topological polar surface area (TPSA) is 79.5 Å². The third-order valence-electron chi connectivity index (χ3n) is 2.33. The summed E-state index contributed by atoms with van der Waals surface area (Å²) in [7, 11) is 2.94.